The number of nitriles is 1. The van der Waals surface area contributed by atoms with E-state index < -0.39 is 0 Å². The van der Waals surface area contributed by atoms with Crippen LogP contribution in [0.5, 0.6) is 0 Å². The molecule has 0 aliphatic heterocycles. The van der Waals surface area contributed by atoms with Crippen molar-refractivity contribution in [1.82, 2.24) is 9.97 Å². The lowest BCUT2D eigenvalue weighted by atomic mass is 9.93. The number of aromatic nitrogens is 2. The molecule has 0 amide bonds. The Morgan fingerprint density at radius 3 is 2.72 bits per heavy atom. The Morgan fingerprint density at radius 2 is 2.04 bits per heavy atom. The number of anilines is 2. The molecule has 2 aliphatic carbocycles. The van der Waals surface area contributed by atoms with E-state index in [9.17, 15) is 10.4 Å². The first-order valence-electron chi connectivity index (χ1n) is 9.17. The Balaban J connectivity index is 1.67. The van der Waals surface area contributed by atoms with Crippen molar-refractivity contribution in [3.05, 3.63) is 11.8 Å². The van der Waals surface area contributed by atoms with Gasteiger partial charge in [0.1, 0.15) is 17.5 Å². The van der Waals surface area contributed by atoms with E-state index in [1.165, 1.54) is 0 Å². The number of aliphatic hydroxyl groups excluding tert-OH is 1. The van der Waals surface area contributed by atoms with E-state index >= 15 is 0 Å². The Morgan fingerprint density at radius 1 is 1.24 bits per heavy atom. The Hall–Kier alpha value is -1.91. The van der Waals surface area contributed by atoms with Crippen LogP contribution >= 0.6 is 0 Å². The van der Waals surface area contributed by atoms with Gasteiger partial charge in [-0.15, -0.1) is 0 Å². The van der Waals surface area contributed by atoms with Gasteiger partial charge in [0.2, 0.25) is 5.95 Å². The third-order valence-corrected chi connectivity index (χ3v) is 5.47. The second-order valence-electron chi connectivity index (χ2n) is 7.05. The van der Waals surface area contributed by atoms with Crippen molar-refractivity contribution in [1.29, 1.82) is 5.26 Å². The zero-order valence-electron chi connectivity index (χ0n) is 14.7. The molecule has 1 aromatic rings. The second kappa shape index (κ2) is 8.45. The van der Waals surface area contributed by atoms with Gasteiger partial charge in [-0.05, 0) is 38.5 Å². The molecule has 7 heteroatoms. The van der Waals surface area contributed by atoms with Crippen molar-refractivity contribution in [3.63, 3.8) is 0 Å². The molecular weight excluding hydrogens is 318 g/mol. The molecule has 136 valence electrons. The second-order valence-corrected chi connectivity index (χ2v) is 7.05. The molecule has 1 aromatic heterocycles. The molecule has 0 spiro atoms. The van der Waals surface area contributed by atoms with Gasteiger partial charge >= 0.3 is 0 Å². The van der Waals surface area contributed by atoms with Crippen molar-refractivity contribution in [2.24, 2.45) is 5.92 Å². The van der Waals surface area contributed by atoms with E-state index in [-0.39, 0.29) is 18.6 Å². The topological polar surface area (TPSA) is 103 Å². The molecule has 0 radical (unpaired) electrons. The number of hydrogen-bond acceptors (Lipinski definition) is 7. The van der Waals surface area contributed by atoms with Crippen molar-refractivity contribution < 1.29 is 9.84 Å². The summed E-state index contributed by atoms with van der Waals surface area (Å²) < 4.78 is 5.41. The minimum Gasteiger partial charge on any atom is -0.396 e. The first-order valence-corrected chi connectivity index (χ1v) is 9.17. The van der Waals surface area contributed by atoms with Crippen LogP contribution < -0.4 is 10.6 Å². The summed E-state index contributed by atoms with van der Waals surface area (Å²) in [5.74, 6) is 1.35. The molecule has 2 fully saturated rings. The summed E-state index contributed by atoms with van der Waals surface area (Å²) in [6, 6.07) is 2.65. The number of nitrogens with one attached hydrogen (secondary N) is 2. The third-order valence-electron chi connectivity index (χ3n) is 5.47. The monoisotopic (exact) mass is 345 g/mol. The molecule has 0 bridgehead atoms. The summed E-state index contributed by atoms with van der Waals surface area (Å²) in [5.41, 5.74) is 0.442. The van der Waals surface area contributed by atoms with Crippen molar-refractivity contribution in [2.75, 3.05) is 24.4 Å². The largest absolute Gasteiger partial charge is 0.396 e. The number of aliphatic hydroxyl groups is 1. The molecule has 7 nitrogen and oxygen atoms in total. The molecular formula is C18H27N5O2. The molecule has 3 rings (SSSR count). The lowest BCUT2D eigenvalue weighted by Gasteiger charge is -2.28. The maximum Gasteiger partial charge on any atom is 0.224 e. The van der Waals surface area contributed by atoms with E-state index in [0.717, 1.165) is 44.9 Å². The lowest BCUT2D eigenvalue weighted by molar-refractivity contribution is 0.0681. The van der Waals surface area contributed by atoms with Crippen molar-refractivity contribution in [3.8, 4) is 6.07 Å². The molecule has 0 unspecified atom stereocenters. The van der Waals surface area contributed by atoms with Crippen LogP contribution in [0.15, 0.2) is 6.20 Å². The molecule has 0 aromatic carbocycles. The summed E-state index contributed by atoms with van der Waals surface area (Å²) >= 11 is 0. The summed E-state index contributed by atoms with van der Waals surface area (Å²) in [6.07, 6.45) is 9.14. The summed E-state index contributed by atoms with van der Waals surface area (Å²) in [7, 11) is 1.77. The zero-order valence-corrected chi connectivity index (χ0v) is 14.7. The van der Waals surface area contributed by atoms with Crippen LogP contribution in [-0.4, -0.2) is 47.0 Å². The van der Waals surface area contributed by atoms with Crippen LogP contribution in [0.1, 0.15) is 50.5 Å². The summed E-state index contributed by atoms with van der Waals surface area (Å²) in [4.78, 5) is 8.83. The van der Waals surface area contributed by atoms with Gasteiger partial charge in [-0.2, -0.15) is 10.2 Å². The Bertz CT molecular complexity index is 610. The molecule has 0 saturated heterocycles. The normalized spacial score (nSPS) is 29.2. The number of nitrogens with zero attached hydrogens (tertiary/aromatic N) is 3. The lowest BCUT2D eigenvalue weighted by Crippen LogP contribution is -2.30. The highest BCUT2D eigenvalue weighted by Gasteiger charge is 2.28. The van der Waals surface area contributed by atoms with Crippen LogP contribution in [0.2, 0.25) is 0 Å². The van der Waals surface area contributed by atoms with Crippen LogP contribution in [-0.2, 0) is 4.74 Å². The van der Waals surface area contributed by atoms with E-state index in [2.05, 4.69) is 26.7 Å². The van der Waals surface area contributed by atoms with Gasteiger partial charge in [0, 0.05) is 31.7 Å². The average Bonchev–Trinajstić information content (AvgIpc) is 3.10. The van der Waals surface area contributed by atoms with Crippen LogP contribution in [0.4, 0.5) is 11.8 Å². The maximum absolute atomic E-state index is 9.49. The van der Waals surface area contributed by atoms with Crippen LogP contribution in [0.25, 0.3) is 0 Å². The van der Waals surface area contributed by atoms with Gasteiger partial charge in [0.15, 0.2) is 0 Å². The van der Waals surface area contributed by atoms with E-state index in [1.807, 2.05) is 0 Å². The molecule has 2 saturated carbocycles. The zero-order chi connectivity index (χ0) is 17.6. The highest BCUT2D eigenvalue weighted by molar-refractivity contribution is 5.54. The Labute approximate surface area is 148 Å². The summed E-state index contributed by atoms with van der Waals surface area (Å²) in [6.45, 7) is 0.165. The molecule has 3 N–H and O–H groups in total. The number of rotatable bonds is 6. The standard InChI is InChI=1S/C18H27N5O2/c1-25-15-7-5-14(6-8-15)21-18-20-10-13(9-19)17(23-18)22-16-4-2-3-12(16)11-24/h10,12,14-16,24H,2-8,11H2,1H3,(H2,20,21,22,23)/t12-,14-,15-,16+/m1/s1. The van der Waals surface area contributed by atoms with Crippen molar-refractivity contribution >= 4 is 11.8 Å². The minimum absolute atomic E-state index is 0.164. The average molecular weight is 345 g/mol. The predicted molar refractivity (Wildman–Crippen MR) is 95.3 cm³/mol. The predicted octanol–water partition coefficient (Wildman–Crippen LogP) is 2.29. The van der Waals surface area contributed by atoms with Crippen LogP contribution in [0, 0.1) is 17.2 Å². The SMILES string of the molecule is CO[C@H]1CC[C@H](Nc2ncc(C#N)c(N[C@H]3CCC[C@@H]3CO)n2)CC1. The highest BCUT2D eigenvalue weighted by Crippen LogP contribution is 2.29. The quantitative estimate of drug-likeness (QED) is 0.727. The number of hydrogen-bond donors (Lipinski definition) is 3. The Kier molecular flexibility index (Phi) is 6.05. The van der Waals surface area contributed by atoms with E-state index in [0.29, 0.717) is 29.5 Å². The minimum atomic E-state index is 0.164. The fourth-order valence-electron chi connectivity index (χ4n) is 3.89. The van der Waals surface area contributed by atoms with Gasteiger partial charge in [-0.3, -0.25) is 0 Å². The first-order chi connectivity index (χ1) is 12.2. The smallest absolute Gasteiger partial charge is 0.224 e. The van der Waals surface area contributed by atoms with E-state index in [4.69, 9.17) is 4.74 Å². The van der Waals surface area contributed by atoms with Crippen LogP contribution in [0.3, 0.4) is 0 Å². The molecule has 2 atom stereocenters. The van der Waals surface area contributed by atoms with Gasteiger partial charge in [-0.1, -0.05) is 6.42 Å². The van der Waals surface area contributed by atoms with Gasteiger partial charge in [0.25, 0.3) is 0 Å². The molecule has 1 heterocycles. The number of ether oxygens (including phenoxy) is 1. The summed E-state index contributed by atoms with van der Waals surface area (Å²) in [5, 5.41) is 25.6. The van der Waals surface area contributed by atoms with E-state index in [1.54, 1.807) is 13.3 Å². The third kappa shape index (κ3) is 4.39. The number of methoxy groups -OCH3 is 1. The van der Waals surface area contributed by atoms with Gasteiger partial charge < -0.3 is 20.5 Å². The highest BCUT2D eigenvalue weighted by atomic mass is 16.5. The first kappa shape index (κ1) is 17.9. The molecule has 2 aliphatic rings. The maximum atomic E-state index is 9.49. The van der Waals surface area contributed by atoms with Gasteiger partial charge in [0.05, 0.1) is 12.3 Å². The van der Waals surface area contributed by atoms with Crippen molar-refractivity contribution in [2.45, 2.75) is 63.1 Å². The fraction of sp³-hybridized carbons (Fsp3) is 0.722. The fourth-order valence-corrected chi connectivity index (χ4v) is 3.89. The van der Waals surface area contributed by atoms with Gasteiger partial charge in [-0.25, -0.2) is 4.98 Å². The molecule has 25 heavy (non-hydrogen) atoms.